The van der Waals surface area contributed by atoms with Gasteiger partial charge in [-0.05, 0) is 80.7 Å². The Morgan fingerprint density at radius 1 is 1.12 bits per heavy atom. The average Bonchev–Trinajstić information content (AvgIpc) is 3.17. The van der Waals surface area contributed by atoms with E-state index in [4.69, 9.17) is 18.9 Å². The van der Waals surface area contributed by atoms with Crippen molar-refractivity contribution in [2.75, 3.05) is 27.8 Å². The molecule has 2 aromatic carbocycles. The molecule has 32 heavy (non-hydrogen) atoms. The first kappa shape index (κ1) is 19.7. The largest absolute Gasteiger partial charge is 0.497 e. The zero-order valence-corrected chi connectivity index (χ0v) is 18.6. The van der Waals surface area contributed by atoms with Crippen LogP contribution in [0.25, 0.3) is 0 Å². The summed E-state index contributed by atoms with van der Waals surface area (Å²) in [5.74, 6) is 2.96. The van der Waals surface area contributed by atoms with Crippen LogP contribution in [0.3, 0.4) is 0 Å². The van der Waals surface area contributed by atoms with E-state index in [0.717, 1.165) is 37.3 Å². The molecule has 4 aliphatic rings. The molecule has 1 saturated heterocycles. The number of benzene rings is 2. The smallest absolute Gasteiger partial charge is 0.343 e. The molecule has 2 bridgehead atoms. The van der Waals surface area contributed by atoms with Gasteiger partial charge in [0.1, 0.15) is 11.5 Å². The van der Waals surface area contributed by atoms with Gasteiger partial charge in [-0.15, -0.1) is 0 Å². The van der Waals surface area contributed by atoms with E-state index < -0.39 is 0 Å². The van der Waals surface area contributed by atoms with Gasteiger partial charge in [0, 0.05) is 17.0 Å². The molecule has 6 heteroatoms. The Labute approximate surface area is 187 Å². The molecular formula is C26H27NO5. The van der Waals surface area contributed by atoms with Gasteiger partial charge in [-0.25, -0.2) is 4.79 Å². The lowest BCUT2D eigenvalue weighted by atomic mass is 9.53. The molecule has 1 fully saturated rings. The number of carbonyl (C=O) groups excluding carboxylic acids is 1. The Hall–Kier alpha value is -2.99. The number of esters is 1. The quantitative estimate of drug-likeness (QED) is 0.685. The van der Waals surface area contributed by atoms with Crippen LogP contribution < -0.4 is 14.2 Å². The zero-order valence-electron chi connectivity index (χ0n) is 18.6. The van der Waals surface area contributed by atoms with Crippen LogP contribution in [0.4, 0.5) is 0 Å². The number of rotatable bonds is 4. The Morgan fingerprint density at radius 2 is 1.94 bits per heavy atom. The van der Waals surface area contributed by atoms with Crippen molar-refractivity contribution in [1.82, 2.24) is 4.90 Å². The molecule has 2 heterocycles. The number of hydrogen-bond donors (Lipinski definition) is 0. The summed E-state index contributed by atoms with van der Waals surface area (Å²) in [6, 6.07) is 11.6. The monoisotopic (exact) mass is 433 g/mol. The minimum absolute atomic E-state index is 0.182. The molecule has 0 radical (unpaired) electrons. The number of likely N-dealkylation sites (N-methyl/N-ethyl adjacent to an activating group) is 1. The average molecular weight is 434 g/mol. The summed E-state index contributed by atoms with van der Waals surface area (Å²) in [6.45, 7) is 0.997. The number of nitrogens with zero attached hydrogens (tertiary/aromatic N) is 1. The highest BCUT2D eigenvalue weighted by Gasteiger charge is 2.64. The number of allylic oxidation sites excluding steroid dienone is 1. The number of ether oxygens (including phenoxy) is 4. The highest BCUT2D eigenvalue weighted by molar-refractivity contribution is 5.90. The van der Waals surface area contributed by atoms with Gasteiger partial charge in [-0.2, -0.15) is 0 Å². The number of carbonyl (C=O) groups is 1. The van der Waals surface area contributed by atoms with Gasteiger partial charge in [0.15, 0.2) is 17.6 Å². The van der Waals surface area contributed by atoms with Crippen LogP contribution in [0.2, 0.25) is 0 Å². The Kier molecular flexibility index (Phi) is 4.31. The predicted molar refractivity (Wildman–Crippen MR) is 118 cm³/mol. The summed E-state index contributed by atoms with van der Waals surface area (Å²) in [5, 5.41) is 0. The summed E-state index contributed by atoms with van der Waals surface area (Å²) >= 11 is 0. The van der Waals surface area contributed by atoms with Crippen LogP contribution in [0.15, 0.2) is 48.2 Å². The van der Waals surface area contributed by atoms with Gasteiger partial charge in [0.25, 0.3) is 0 Å². The molecule has 0 aromatic heterocycles. The molecule has 0 amide bonds. The van der Waals surface area contributed by atoms with Crippen molar-refractivity contribution in [2.45, 2.75) is 36.8 Å². The molecule has 0 saturated carbocycles. The third kappa shape index (κ3) is 2.53. The van der Waals surface area contributed by atoms with E-state index in [1.165, 1.54) is 11.1 Å². The van der Waals surface area contributed by atoms with E-state index in [1.54, 1.807) is 38.5 Å². The van der Waals surface area contributed by atoms with Gasteiger partial charge >= 0.3 is 5.97 Å². The maximum absolute atomic E-state index is 13.0. The third-order valence-corrected chi connectivity index (χ3v) is 7.96. The van der Waals surface area contributed by atoms with Gasteiger partial charge in [0.05, 0.1) is 19.8 Å². The molecule has 4 atom stereocenters. The van der Waals surface area contributed by atoms with Crippen LogP contribution in [-0.4, -0.2) is 50.8 Å². The topological polar surface area (TPSA) is 57.2 Å². The van der Waals surface area contributed by atoms with Gasteiger partial charge < -0.3 is 23.8 Å². The first-order valence-electron chi connectivity index (χ1n) is 11.2. The third-order valence-electron chi connectivity index (χ3n) is 7.96. The van der Waals surface area contributed by atoms with E-state index in [-0.39, 0.29) is 17.5 Å². The maximum Gasteiger partial charge on any atom is 0.343 e. The Bertz CT molecular complexity index is 1120. The summed E-state index contributed by atoms with van der Waals surface area (Å²) in [6.07, 6.45) is 4.62. The molecule has 6 rings (SSSR count). The van der Waals surface area contributed by atoms with E-state index >= 15 is 0 Å². The molecule has 6 nitrogen and oxygen atoms in total. The van der Waals surface area contributed by atoms with Crippen LogP contribution in [0.5, 0.6) is 17.2 Å². The van der Waals surface area contributed by atoms with E-state index in [2.05, 4.69) is 24.1 Å². The first-order valence-corrected chi connectivity index (χ1v) is 11.2. The molecule has 4 unspecified atom stereocenters. The van der Waals surface area contributed by atoms with E-state index in [0.29, 0.717) is 29.0 Å². The van der Waals surface area contributed by atoms with Crippen molar-refractivity contribution in [2.24, 2.45) is 5.92 Å². The summed E-state index contributed by atoms with van der Waals surface area (Å²) in [4.78, 5) is 15.5. The predicted octanol–water partition coefficient (Wildman–Crippen LogP) is 3.72. The standard InChI is InChI=1S/C26H27NO5/c1-27-13-12-26-18-9-11-21(31-25(28)15-4-7-17(29-2)8-5-15)24(26)32-23-20(30-3)10-6-16(22(23)26)14-19(18)27/h4-8,10-11,18-19,24H,9,12-14H2,1-3H3. The lowest BCUT2D eigenvalue weighted by molar-refractivity contribution is -0.0272. The van der Waals surface area contributed by atoms with Crippen LogP contribution in [0.1, 0.15) is 34.3 Å². The number of methoxy groups -OCH3 is 2. The van der Waals surface area contributed by atoms with Gasteiger partial charge in [-0.3, -0.25) is 0 Å². The molecule has 2 aliphatic carbocycles. The van der Waals surface area contributed by atoms with E-state index in [9.17, 15) is 4.79 Å². The fourth-order valence-corrected chi connectivity index (χ4v) is 6.46. The van der Waals surface area contributed by atoms with E-state index in [1.807, 2.05) is 6.07 Å². The second-order valence-corrected chi connectivity index (χ2v) is 9.24. The van der Waals surface area contributed by atoms with Gasteiger partial charge in [0.2, 0.25) is 0 Å². The number of likely N-dealkylation sites (tertiary alicyclic amines) is 1. The Morgan fingerprint density at radius 3 is 2.69 bits per heavy atom. The lowest BCUT2D eigenvalue weighted by Gasteiger charge is -2.56. The highest BCUT2D eigenvalue weighted by Crippen LogP contribution is 2.63. The fourth-order valence-electron chi connectivity index (χ4n) is 6.46. The summed E-state index contributed by atoms with van der Waals surface area (Å²) in [7, 11) is 5.51. The molecule has 2 aliphatic heterocycles. The first-order chi connectivity index (χ1) is 15.6. The Balaban J connectivity index is 1.40. The number of piperidine rings is 1. The van der Waals surface area contributed by atoms with Crippen molar-refractivity contribution in [3.8, 4) is 17.2 Å². The SMILES string of the molecule is COc1ccc(C(=O)OC2=CCC3C4Cc5ccc(OC)c6c5C3(CCN4C)C2O6)cc1. The second kappa shape index (κ2) is 7.01. The van der Waals surface area contributed by atoms with Crippen LogP contribution >= 0.6 is 0 Å². The molecular weight excluding hydrogens is 406 g/mol. The van der Waals surface area contributed by atoms with Crippen molar-refractivity contribution in [3.63, 3.8) is 0 Å². The fraction of sp³-hybridized carbons (Fsp3) is 0.423. The second-order valence-electron chi connectivity index (χ2n) is 9.24. The molecule has 0 N–H and O–H groups in total. The molecule has 166 valence electrons. The normalized spacial score (nSPS) is 29.5. The van der Waals surface area contributed by atoms with Crippen molar-refractivity contribution in [1.29, 1.82) is 0 Å². The van der Waals surface area contributed by atoms with Crippen molar-refractivity contribution >= 4 is 5.97 Å². The highest BCUT2D eigenvalue weighted by atomic mass is 16.6. The molecule has 2 aromatic rings. The summed E-state index contributed by atoms with van der Waals surface area (Å²) < 4.78 is 23.5. The number of hydrogen-bond acceptors (Lipinski definition) is 6. The lowest BCUT2D eigenvalue weighted by Crippen LogP contribution is -2.63. The minimum Gasteiger partial charge on any atom is -0.497 e. The van der Waals surface area contributed by atoms with Crippen molar-refractivity contribution in [3.05, 3.63) is 64.9 Å². The minimum atomic E-state index is -0.374. The van der Waals surface area contributed by atoms with Crippen LogP contribution in [0, 0.1) is 5.92 Å². The zero-order chi connectivity index (χ0) is 22.0. The van der Waals surface area contributed by atoms with Gasteiger partial charge in [-0.1, -0.05) is 6.07 Å². The van der Waals surface area contributed by atoms with Crippen molar-refractivity contribution < 1.29 is 23.7 Å². The molecule has 1 spiro atoms. The van der Waals surface area contributed by atoms with Crippen LogP contribution in [-0.2, 0) is 16.6 Å². The maximum atomic E-state index is 13.0. The summed E-state index contributed by atoms with van der Waals surface area (Å²) in [5.41, 5.74) is 2.92.